The molecule has 112 valence electrons. The zero-order chi connectivity index (χ0) is 15.1. The van der Waals surface area contributed by atoms with E-state index in [1.54, 1.807) is 12.1 Å². The maximum absolute atomic E-state index is 13.6. The van der Waals surface area contributed by atoms with Gasteiger partial charge in [-0.1, -0.05) is 30.3 Å². The lowest BCUT2D eigenvalue weighted by molar-refractivity contribution is -0.187. The minimum Gasteiger partial charge on any atom is -0.315 e. The first-order chi connectivity index (χ1) is 9.94. The van der Waals surface area contributed by atoms with Crippen LogP contribution in [-0.4, -0.2) is 34.0 Å². The summed E-state index contributed by atoms with van der Waals surface area (Å²) in [7, 11) is 1.51. The van der Waals surface area contributed by atoms with E-state index in [9.17, 15) is 13.2 Å². The van der Waals surface area contributed by atoms with Crippen molar-refractivity contribution in [2.24, 2.45) is 7.05 Å². The monoisotopic (exact) mass is 296 g/mol. The lowest BCUT2D eigenvalue weighted by Gasteiger charge is -2.29. The summed E-state index contributed by atoms with van der Waals surface area (Å²) in [5, 5.41) is 6.96. The molecule has 1 aromatic carbocycles. The average Bonchev–Trinajstić information content (AvgIpc) is 3.06. The minimum atomic E-state index is -4.36. The predicted molar refractivity (Wildman–Crippen MR) is 71.7 cm³/mol. The van der Waals surface area contributed by atoms with Crippen LogP contribution < -0.4 is 5.32 Å². The molecular weight excluding hydrogens is 281 g/mol. The molecule has 0 bridgehead atoms. The maximum Gasteiger partial charge on any atom is 0.402 e. The number of aryl methyl sites for hydroxylation is 1. The van der Waals surface area contributed by atoms with Crippen molar-refractivity contribution < 1.29 is 13.2 Å². The molecule has 0 aliphatic carbocycles. The van der Waals surface area contributed by atoms with Crippen LogP contribution in [-0.2, 0) is 12.5 Å². The summed E-state index contributed by atoms with van der Waals surface area (Å²) >= 11 is 0. The van der Waals surface area contributed by atoms with Crippen LogP contribution in [0.15, 0.2) is 30.3 Å². The molecule has 4 nitrogen and oxygen atoms in total. The smallest absolute Gasteiger partial charge is 0.315 e. The summed E-state index contributed by atoms with van der Waals surface area (Å²) in [5.41, 5.74) is -1.25. The van der Waals surface area contributed by atoms with Crippen LogP contribution in [0.25, 0.3) is 11.4 Å². The highest BCUT2D eigenvalue weighted by molar-refractivity contribution is 5.54. The van der Waals surface area contributed by atoms with Gasteiger partial charge in [0.25, 0.3) is 0 Å². The number of hydrogen-bond acceptors (Lipinski definition) is 3. The molecule has 0 amide bonds. The summed E-state index contributed by atoms with van der Waals surface area (Å²) in [6.07, 6.45) is -4.37. The fourth-order valence-corrected chi connectivity index (χ4v) is 2.76. The molecule has 1 fully saturated rings. The molecule has 1 unspecified atom stereocenters. The number of alkyl halides is 3. The molecule has 1 aliphatic heterocycles. The quantitative estimate of drug-likeness (QED) is 0.924. The van der Waals surface area contributed by atoms with E-state index in [1.165, 1.54) is 11.7 Å². The minimum absolute atomic E-state index is 0.0166. The Kier molecular flexibility index (Phi) is 3.24. The van der Waals surface area contributed by atoms with E-state index in [4.69, 9.17) is 0 Å². The zero-order valence-electron chi connectivity index (χ0n) is 11.5. The number of nitrogens with one attached hydrogen (secondary N) is 1. The topological polar surface area (TPSA) is 42.7 Å². The molecule has 21 heavy (non-hydrogen) atoms. The fraction of sp³-hybridized carbons (Fsp3) is 0.429. The standard InChI is InChI=1S/C14H15F3N4/c1-21-12(13(14(15,16)17)7-8-18-9-13)19-11(20-21)10-5-3-2-4-6-10/h2-6,18H,7-9H2,1H3. The van der Waals surface area contributed by atoms with E-state index in [-0.39, 0.29) is 18.8 Å². The Hall–Kier alpha value is -1.89. The van der Waals surface area contributed by atoms with Crippen LogP contribution in [0.2, 0.25) is 0 Å². The van der Waals surface area contributed by atoms with Crippen molar-refractivity contribution >= 4 is 0 Å². The van der Waals surface area contributed by atoms with E-state index in [0.717, 1.165) is 0 Å². The van der Waals surface area contributed by atoms with Crippen LogP contribution >= 0.6 is 0 Å². The molecule has 0 radical (unpaired) electrons. The molecule has 1 aromatic heterocycles. The number of benzene rings is 1. The van der Waals surface area contributed by atoms with Gasteiger partial charge >= 0.3 is 6.18 Å². The van der Waals surface area contributed by atoms with Gasteiger partial charge in [-0.15, -0.1) is 0 Å². The molecule has 0 saturated carbocycles. The highest BCUT2D eigenvalue weighted by Crippen LogP contribution is 2.44. The lowest BCUT2D eigenvalue weighted by Crippen LogP contribution is -2.46. The molecule has 1 aliphatic rings. The largest absolute Gasteiger partial charge is 0.402 e. The fourth-order valence-electron chi connectivity index (χ4n) is 2.76. The third-order valence-corrected chi connectivity index (χ3v) is 3.92. The van der Waals surface area contributed by atoms with Gasteiger partial charge in [0.15, 0.2) is 5.82 Å². The van der Waals surface area contributed by atoms with Crippen LogP contribution in [0.1, 0.15) is 12.2 Å². The normalized spacial score (nSPS) is 22.7. The predicted octanol–water partition coefficient (Wildman–Crippen LogP) is 2.28. The van der Waals surface area contributed by atoms with Crippen LogP contribution in [0.4, 0.5) is 13.2 Å². The van der Waals surface area contributed by atoms with Crippen molar-refractivity contribution in [3.8, 4) is 11.4 Å². The van der Waals surface area contributed by atoms with Crippen LogP contribution in [0.3, 0.4) is 0 Å². The van der Waals surface area contributed by atoms with Crippen molar-refractivity contribution in [2.45, 2.75) is 18.0 Å². The summed E-state index contributed by atoms with van der Waals surface area (Å²) < 4.78 is 42.0. The van der Waals surface area contributed by atoms with Gasteiger partial charge in [0.2, 0.25) is 0 Å². The van der Waals surface area contributed by atoms with Gasteiger partial charge in [-0.2, -0.15) is 18.3 Å². The van der Waals surface area contributed by atoms with E-state index in [2.05, 4.69) is 15.4 Å². The molecule has 0 spiro atoms. The molecule has 2 heterocycles. The Labute approximate surface area is 120 Å². The number of nitrogens with zero attached hydrogens (tertiary/aromatic N) is 3. The van der Waals surface area contributed by atoms with Gasteiger partial charge in [0.05, 0.1) is 0 Å². The summed E-state index contributed by atoms with van der Waals surface area (Å²) in [4.78, 5) is 4.19. The Balaban J connectivity index is 2.09. The van der Waals surface area contributed by atoms with Crippen molar-refractivity contribution in [1.82, 2.24) is 20.1 Å². The van der Waals surface area contributed by atoms with Gasteiger partial charge in [-0.3, -0.25) is 4.68 Å². The first-order valence-electron chi connectivity index (χ1n) is 6.68. The molecule has 1 N–H and O–H groups in total. The van der Waals surface area contributed by atoms with Gasteiger partial charge in [0.1, 0.15) is 11.2 Å². The van der Waals surface area contributed by atoms with E-state index in [0.29, 0.717) is 17.9 Å². The Morgan fingerprint density at radius 2 is 1.95 bits per heavy atom. The van der Waals surface area contributed by atoms with Crippen LogP contribution in [0.5, 0.6) is 0 Å². The number of halogens is 3. The average molecular weight is 296 g/mol. The molecule has 3 rings (SSSR count). The molecular formula is C14H15F3N4. The number of aromatic nitrogens is 3. The van der Waals surface area contributed by atoms with Crippen molar-refractivity contribution in [3.63, 3.8) is 0 Å². The Morgan fingerprint density at radius 3 is 2.52 bits per heavy atom. The second kappa shape index (κ2) is 4.84. The van der Waals surface area contributed by atoms with Gasteiger partial charge < -0.3 is 5.32 Å². The van der Waals surface area contributed by atoms with Crippen LogP contribution in [0, 0.1) is 0 Å². The summed E-state index contributed by atoms with van der Waals surface area (Å²) in [5.74, 6) is 0.294. The zero-order valence-corrected chi connectivity index (χ0v) is 11.5. The van der Waals surface area contributed by atoms with Crippen molar-refractivity contribution in [3.05, 3.63) is 36.2 Å². The summed E-state index contributed by atoms with van der Waals surface area (Å²) in [6.45, 7) is 0.171. The van der Waals surface area contributed by atoms with E-state index >= 15 is 0 Å². The molecule has 2 aromatic rings. The molecule has 1 atom stereocenters. The highest BCUT2D eigenvalue weighted by atomic mass is 19.4. The van der Waals surface area contributed by atoms with E-state index in [1.807, 2.05) is 18.2 Å². The van der Waals surface area contributed by atoms with E-state index < -0.39 is 11.6 Å². The molecule has 1 saturated heterocycles. The van der Waals surface area contributed by atoms with Gasteiger partial charge in [-0.25, -0.2) is 4.98 Å². The number of hydrogen-bond donors (Lipinski definition) is 1. The number of rotatable bonds is 2. The SMILES string of the molecule is Cn1nc(-c2ccccc2)nc1C1(C(F)(F)F)CCNC1. The third kappa shape index (κ3) is 2.21. The Bertz CT molecular complexity index is 627. The molecule has 7 heteroatoms. The Morgan fingerprint density at radius 1 is 1.24 bits per heavy atom. The summed E-state index contributed by atoms with van der Waals surface area (Å²) in [6, 6.07) is 9.02. The first kappa shape index (κ1) is 14.1. The maximum atomic E-state index is 13.6. The second-order valence-electron chi connectivity index (χ2n) is 5.26. The van der Waals surface area contributed by atoms with Gasteiger partial charge in [-0.05, 0) is 13.0 Å². The highest BCUT2D eigenvalue weighted by Gasteiger charge is 2.60. The van der Waals surface area contributed by atoms with Crippen molar-refractivity contribution in [1.29, 1.82) is 0 Å². The lowest BCUT2D eigenvalue weighted by atomic mass is 9.85. The first-order valence-corrected chi connectivity index (χ1v) is 6.68. The van der Waals surface area contributed by atoms with Gasteiger partial charge in [0, 0.05) is 19.2 Å². The second-order valence-corrected chi connectivity index (χ2v) is 5.26. The van der Waals surface area contributed by atoms with Crippen molar-refractivity contribution in [2.75, 3.05) is 13.1 Å². The third-order valence-electron chi connectivity index (χ3n) is 3.92.